The first-order valence-electron chi connectivity index (χ1n) is 9.60. The summed E-state index contributed by atoms with van der Waals surface area (Å²) < 4.78 is 0. The van der Waals surface area contributed by atoms with Crippen LogP contribution in [-0.4, -0.2) is 47.1 Å². The number of fused-ring (bicyclic) bond motifs is 2. The summed E-state index contributed by atoms with van der Waals surface area (Å²) in [5.41, 5.74) is 2.23. The number of aromatic nitrogens is 1. The van der Waals surface area contributed by atoms with Crippen molar-refractivity contribution in [3.05, 3.63) is 65.9 Å². The van der Waals surface area contributed by atoms with Crippen molar-refractivity contribution in [2.45, 2.75) is 17.7 Å². The molecule has 2 heterocycles. The van der Waals surface area contributed by atoms with Gasteiger partial charge in [0.2, 0.25) is 0 Å². The molecule has 0 saturated heterocycles. The predicted octanol–water partition coefficient (Wildman–Crippen LogP) is 3.93. The highest BCUT2D eigenvalue weighted by Crippen LogP contribution is 2.27. The maximum Gasteiger partial charge on any atom is 0.261 e. The largest absolute Gasteiger partial charge is 0.360 e. The van der Waals surface area contributed by atoms with Crippen molar-refractivity contribution in [2.75, 3.05) is 25.4 Å². The molecule has 1 aromatic heterocycles. The minimum Gasteiger partial charge on any atom is -0.360 e. The minimum atomic E-state index is -0.163. The number of nitrogens with one attached hydrogen (secondary N) is 2. The first kappa shape index (κ1) is 18.8. The first-order valence-corrected chi connectivity index (χ1v) is 10.6. The third-order valence-corrected chi connectivity index (χ3v) is 6.01. The summed E-state index contributed by atoms with van der Waals surface area (Å²) in [6.45, 7) is 2.30. The molecule has 0 bridgehead atoms. The Morgan fingerprint density at radius 3 is 2.39 bits per heavy atom. The summed E-state index contributed by atoms with van der Waals surface area (Å²) in [4.78, 5) is 30.6. The SMILES string of the molecule is O=C1c2ccccc2C(=O)N1CCCCNCCSc1c[nH]c2ccccc12. The van der Waals surface area contributed by atoms with Gasteiger partial charge >= 0.3 is 0 Å². The lowest BCUT2D eigenvalue weighted by Gasteiger charge is -2.13. The van der Waals surface area contributed by atoms with Gasteiger partial charge in [-0.2, -0.15) is 0 Å². The Balaban J connectivity index is 1.13. The lowest BCUT2D eigenvalue weighted by Crippen LogP contribution is -2.31. The molecule has 1 aliphatic rings. The molecule has 2 N–H and O–H groups in total. The minimum absolute atomic E-state index is 0.163. The fourth-order valence-corrected chi connectivity index (χ4v) is 4.43. The second-order valence-corrected chi connectivity index (χ2v) is 7.95. The van der Waals surface area contributed by atoms with E-state index in [0.717, 1.165) is 31.7 Å². The Hall–Kier alpha value is -2.57. The number of unbranched alkanes of at least 4 members (excludes halogenated alkanes) is 1. The maximum atomic E-state index is 12.3. The van der Waals surface area contributed by atoms with Crippen molar-refractivity contribution in [2.24, 2.45) is 0 Å². The van der Waals surface area contributed by atoms with Crippen LogP contribution >= 0.6 is 11.8 Å². The number of imide groups is 1. The molecule has 0 radical (unpaired) electrons. The molecule has 1 aliphatic heterocycles. The smallest absolute Gasteiger partial charge is 0.261 e. The molecular weight excluding hydrogens is 370 g/mol. The highest BCUT2D eigenvalue weighted by atomic mass is 32.2. The zero-order chi connectivity index (χ0) is 19.3. The van der Waals surface area contributed by atoms with E-state index in [1.807, 2.05) is 17.8 Å². The Bertz CT molecular complexity index is 963. The van der Waals surface area contributed by atoms with Gasteiger partial charge in [0.25, 0.3) is 11.8 Å². The van der Waals surface area contributed by atoms with Crippen LogP contribution in [-0.2, 0) is 0 Å². The summed E-state index contributed by atoms with van der Waals surface area (Å²) >= 11 is 1.84. The zero-order valence-electron chi connectivity index (χ0n) is 15.6. The molecule has 144 valence electrons. The van der Waals surface area contributed by atoms with Gasteiger partial charge in [0, 0.05) is 40.8 Å². The molecule has 4 rings (SSSR count). The van der Waals surface area contributed by atoms with E-state index in [2.05, 4.69) is 34.7 Å². The van der Waals surface area contributed by atoms with Gasteiger partial charge in [-0.1, -0.05) is 30.3 Å². The number of para-hydroxylation sites is 1. The Kier molecular flexibility index (Phi) is 5.78. The molecule has 28 heavy (non-hydrogen) atoms. The van der Waals surface area contributed by atoms with Crippen LogP contribution in [0.15, 0.2) is 59.6 Å². The van der Waals surface area contributed by atoms with Gasteiger partial charge in [0.05, 0.1) is 11.1 Å². The van der Waals surface area contributed by atoms with Crippen molar-refractivity contribution < 1.29 is 9.59 Å². The molecule has 6 heteroatoms. The van der Waals surface area contributed by atoms with Crippen molar-refractivity contribution in [1.82, 2.24) is 15.2 Å². The highest BCUT2D eigenvalue weighted by molar-refractivity contribution is 7.99. The maximum absolute atomic E-state index is 12.3. The number of carbonyl (C=O) groups excluding carboxylic acids is 2. The number of hydrogen-bond acceptors (Lipinski definition) is 4. The van der Waals surface area contributed by atoms with Crippen LogP contribution in [0.4, 0.5) is 0 Å². The number of H-pyrrole nitrogens is 1. The Morgan fingerprint density at radius 1 is 0.893 bits per heavy atom. The van der Waals surface area contributed by atoms with Crippen LogP contribution in [0.25, 0.3) is 10.9 Å². The van der Waals surface area contributed by atoms with Gasteiger partial charge < -0.3 is 10.3 Å². The first-order chi connectivity index (χ1) is 13.8. The van der Waals surface area contributed by atoms with Gasteiger partial charge in [-0.25, -0.2) is 0 Å². The molecule has 5 nitrogen and oxygen atoms in total. The molecule has 0 fully saturated rings. The number of thioether (sulfide) groups is 1. The van der Waals surface area contributed by atoms with E-state index in [1.54, 1.807) is 24.3 Å². The number of hydrogen-bond donors (Lipinski definition) is 2. The van der Waals surface area contributed by atoms with Crippen LogP contribution in [0.3, 0.4) is 0 Å². The van der Waals surface area contributed by atoms with Gasteiger partial charge in [0.15, 0.2) is 0 Å². The average molecular weight is 394 g/mol. The molecule has 3 aromatic rings. The second kappa shape index (κ2) is 8.63. The van der Waals surface area contributed by atoms with Crippen LogP contribution in [0.1, 0.15) is 33.6 Å². The standard InChI is InChI=1S/C22H23N3O2S/c26-21-16-7-1-2-8-17(16)22(27)25(21)13-6-5-11-23-12-14-28-20-15-24-19-10-4-3-9-18(19)20/h1-4,7-10,15,23-24H,5-6,11-14H2. The summed E-state index contributed by atoms with van der Waals surface area (Å²) in [7, 11) is 0. The van der Waals surface area contributed by atoms with E-state index in [1.165, 1.54) is 20.7 Å². The Labute approximate surface area is 168 Å². The number of rotatable bonds is 9. The summed E-state index contributed by atoms with van der Waals surface area (Å²) in [5, 5.41) is 4.71. The van der Waals surface area contributed by atoms with E-state index in [-0.39, 0.29) is 11.8 Å². The number of amides is 2. The van der Waals surface area contributed by atoms with Gasteiger partial charge in [0.1, 0.15) is 0 Å². The Morgan fingerprint density at radius 2 is 1.61 bits per heavy atom. The zero-order valence-corrected chi connectivity index (χ0v) is 16.4. The summed E-state index contributed by atoms with van der Waals surface area (Å²) in [5.74, 6) is 0.674. The molecule has 0 unspecified atom stereocenters. The summed E-state index contributed by atoms with van der Waals surface area (Å²) in [6.07, 6.45) is 3.82. The number of nitrogens with zero attached hydrogens (tertiary/aromatic N) is 1. The number of aromatic amines is 1. The van der Waals surface area contributed by atoms with Crippen molar-refractivity contribution in [3.63, 3.8) is 0 Å². The van der Waals surface area contributed by atoms with Gasteiger partial charge in [-0.3, -0.25) is 14.5 Å². The predicted molar refractivity (Wildman–Crippen MR) is 113 cm³/mol. The molecule has 0 spiro atoms. The third kappa shape index (κ3) is 3.84. The number of benzene rings is 2. The van der Waals surface area contributed by atoms with E-state index in [4.69, 9.17) is 0 Å². The van der Waals surface area contributed by atoms with E-state index >= 15 is 0 Å². The molecule has 2 amide bonds. The topological polar surface area (TPSA) is 65.2 Å². The quantitative estimate of drug-likeness (QED) is 0.328. The van der Waals surface area contributed by atoms with Crippen molar-refractivity contribution in [3.8, 4) is 0 Å². The molecule has 0 aliphatic carbocycles. The van der Waals surface area contributed by atoms with E-state index < -0.39 is 0 Å². The molecule has 0 atom stereocenters. The lowest BCUT2D eigenvalue weighted by atomic mass is 10.1. The average Bonchev–Trinajstić information content (AvgIpc) is 3.24. The van der Waals surface area contributed by atoms with Crippen LogP contribution in [0, 0.1) is 0 Å². The van der Waals surface area contributed by atoms with Gasteiger partial charge in [-0.15, -0.1) is 11.8 Å². The third-order valence-electron chi connectivity index (χ3n) is 4.95. The van der Waals surface area contributed by atoms with Crippen molar-refractivity contribution in [1.29, 1.82) is 0 Å². The molecule has 0 saturated carbocycles. The van der Waals surface area contributed by atoms with Crippen LogP contribution in [0.2, 0.25) is 0 Å². The fraction of sp³-hybridized carbons (Fsp3) is 0.273. The van der Waals surface area contributed by atoms with Crippen LogP contribution in [0.5, 0.6) is 0 Å². The van der Waals surface area contributed by atoms with Crippen LogP contribution < -0.4 is 5.32 Å². The molecular formula is C22H23N3O2S. The fourth-order valence-electron chi connectivity index (χ4n) is 3.48. The van der Waals surface area contributed by atoms with Crippen molar-refractivity contribution >= 4 is 34.5 Å². The van der Waals surface area contributed by atoms with E-state index in [9.17, 15) is 9.59 Å². The second-order valence-electron chi connectivity index (χ2n) is 6.81. The summed E-state index contributed by atoms with van der Waals surface area (Å²) in [6, 6.07) is 15.4. The van der Waals surface area contributed by atoms with Gasteiger partial charge in [-0.05, 0) is 37.6 Å². The lowest BCUT2D eigenvalue weighted by molar-refractivity contribution is 0.0651. The van der Waals surface area contributed by atoms with E-state index in [0.29, 0.717) is 17.7 Å². The molecule has 2 aromatic carbocycles. The monoisotopic (exact) mass is 393 g/mol. The number of carbonyl (C=O) groups is 2. The highest BCUT2D eigenvalue weighted by Gasteiger charge is 2.34. The normalized spacial score (nSPS) is 13.5.